The van der Waals surface area contributed by atoms with Gasteiger partial charge < -0.3 is 4.90 Å². The van der Waals surface area contributed by atoms with Gasteiger partial charge >= 0.3 is 0 Å². The quantitative estimate of drug-likeness (QED) is 0.604. The minimum absolute atomic E-state index is 0.0147. The van der Waals surface area contributed by atoms with Gasteiger partial charge in [0.2, 0.25) is 0 Å². The van der Waals surface area contributed by atoms with Gasteiger partial charge in [0.15, 0.2) is 0 Å². The van der Waals surface area contributed by atoms with Crippen molar-refractivity contribution in [2.45, 2.75) is 6.92 Å². The number of nitrogens with zero attached hydrogens (tertiary/aromatic N) is 3. The molecular weight excluding hydrogens is 258 g/mol. The summed E-state index contributed by atoms with van der Waals surface area (Å²) in [6.07, 6.45) is 0. The lowest BCUT2D eigenvalue weighted by atomic mass is 10.0. The van der Waals surface area contributed by atoms with Gasteiger partial charge in [0.1, 0.15) is 6.54 Å². The largest absolute Gasteiger partial charge is 0.326 e. The molecule has 0 spiro atoms. The van der Waals surface area contributed by atoms with Crippen LogP contribution in [-0.4, -0.2) is 47.7 Å². The first-order valence-corrected chi connectivity index (χ1v) is 6.14. The molecule has 1 aromatic rings. The van der Waals surface area contributed by atoms with Crippen LogP contribution in [0.1, 0.15) is 38.0 Å². The maximum Gasteiger partial charge on any atom is 0.261 e. The van der Waals surface area contributed by atoms with Crippen molar-refractivity contribution in [1.82, 2.24) is 9.80 Å². The second kappa shape index (κ2) is 5.13. The van der Waals surface area contributed by atoms with E-state index in [-0.39, 0.29) is 23.9 Å². The Kier molecular flexibility index (Phi) is 3.53. The van der Waals surface area contributed by atoms with Crippen LogP contribution in [0.15, 0.2) is 18.2 Å². The topological polar surface area (TPSA) is 81.5 Å². The van der Waals surface area contributed by atoms with Gasteiger partial charge in [0.05, 0.1) is 17.2 Å². The highest BCUT2D eigenvalue weighted by molar-refractivity contribution is 6.21. The van der Waals surface area contributed by atoms with Crippen molar-refractivity contribution >= 4 is 17.7 Å². The number of carbonyl (C=O) groups excluding carboxylic acids is 3. The van der Waals surface area contributed by atoms with Crippen molar-refractivity contribution in [3.63, 3.8) is 0 Å². The molecule has 0 unspecified atom stereocenters. The van der Waals surface area contributed by atoms with E-state index < -0.39 is 5.91 Å². The summed E-state index contributed by atoms with van der Waals surface area (Å²) in [6, 6.07) is 6.32. The third kappa shape index (κ3) is 2.03. The van der Waals surface area contributed by atoms with Crippen LogP contribution in [0.3, 0.4) is 0 Å². The standard InChI is InChI=1S/C14H13N3O3/c1-3-17(7-6-15)12(18)9-4-5-10-11(8-9)14(20)16(2)13(10)19/h4-5,8H,3,7H2,1-2H3. The highest BCUT2D eigenvalue weighted by atomic mass is 16.2. The van der Waals surface area contributed by atoms with E-state index in [1.165, 1.54) is 30.1 Å². The zero-order valence-electron chi connectivity index (χ0n) is 11.2. The predicted octanol–water partition coefficient (Wildman–Crippen LogP) is 0.898. The Morgan fingerprint density at radius 3 is 2.55 bits per heavy atom. The molecule has 6 nitrogen and oxygen atoms in total. The Morgan fingerprint density at radius 1 is 1.30 bits per heavy atom. The molecule has 20 heavy (non-hydrogen) atoms. The van der Waals surface area contributed by atoms with Gasteiger partial charge in [-0.25, -0.2) is 0 Å². The Bertz CT molecular complexity index is 646. The summed E-state index contributed by atoms with van der Waals surface area (Å²) in [7, 11) is 1.40. The van der Waals surface area contributed by atoms with E-state index in [0.29, 0.717) is 17.7 Å². The van der Waals surface area contributed by atoms with E-state index in [1.54, 1.807) is 6.92 Å². The molecule has 102 valence electrons. The molecule has 1 aromatic carbocycles. The molecular formula is C14H13N3O3. The van der Waals surface area contributed by atoms with E-state index >= 15 is 0 Å². The highest BCUT2D eigenvalue weighted by Crippen LogP contribution is 2.23. The second-order valence-corrected chi connectivity index (χ2v) is 4.41. The lowest BCUT2D eigenvalue weighted by Gasteiger charge is -2.17. The summed E-state index contributed by atoms with van der Waals surface area (Å²) < 4.78 is 0. The first-order chi connectivity index (χ1) is 9.51. The van der Waals surface area contributed by atoms with E-state index in [1.807, 2.05) is 6.07 Å². The van der Waals surface area contributed by atoms with Crippen LogP contribution >= 0.6 is 0 Å². The molecule has 0 N–H and O–H groups in total. The van der Waals surface area contributed by atoms with E-state index in [2.05, 4.69) is 0 Å². The number of rotatable bonds is 3. The van der Waals surface area contributed by atoms with E-state index in [0.717, 1.165) is 4.90 Å². The van der Waals surface area contributed by atoms with Gasteiger partial charge in [-0.3, -0.25) is 19.3 Å². The number of nitriles is 1. The molecule has 1 heterocycles. The number of benzene rings is 1. The molecule has 0 aromatic heterocycles. The number of hydrogen-bond donors (Lipinski definition) is 0. The Balaban J connectivity index is 2.39. The molecule has 1 aliphatic rings. The van der Waals surface area contributed by atoms with Crippen molar-refractivity contribution in [3.8, 4) is 6.07 Å². The monoisotopic (exact) mass is 271 g/mol. The third-order valence-corrected chi connectivity index (χ3v) is 3.27. The van der Waals surface area contributed by atoms with E-state index in [4.69, 9.17) is 5.26 Å². The number of fused-ring (bicyclic) bond motifs is 1. The molecule has 0 fully saturated rings. The van der Waals surface area contributed by atoms with Gasteiger partial charge in [-0.05, 0) is 25.1 Å². The first-order valence-electron chi connectivity index (χ1n) is 6.14. The van der Waals surface area contributed by atoms with Crippen LogP contribution in [0.25, 0.3) is 0 Å². The molecule has 1 aliphatic heterocycles. The van der Waals surface area contributed by atoms with Crippen molar-refractivity contribution in [1.29, 1.82) is 5.26 Å². The smallest absolute Gasteiger partial charge is 0.261 e. The maximum atomic E-state index is 12.2. The fraction of sp³-hybridized carbons (Fsp3) is 0.286. The number of carbonyl (C=O) groups is 3. The minimum Gasteiger partial charge on any atom is -0.326 e. The summed E-state index contributed by atoms with van der Waals surface area (Å²) in [5, 5.41) is 8.68. The Labute approximate surface area is 116 Å². The third-order valence-electron chi connectivity index (χ3n) is 3.27. The zero-order valence-corrected chi connectivity index (χ0v) is 11.2. The SMILES string of the molecule is CCN(CC#N)C(=O)c1ccc2c(c1)C(=O)N(C)C2=O. The van der Waals surface area contributed by atoms with Crippen molar-refractivity contribution in [2.75, 3.05) is 20.1 Å². The van der Waals surface area contributed by atoms with Crippen LogP contribution in [0.4, 0.5) is 0 Å². The average molecular weight is 271 g/mol. The van der Waals surface area contributed by atoms with Crippen molar-refractivity contribution < 1.29 is 14.4 Å². The Hall–Kier alpha value is -2.68. The van der Waals surface area contributed by atoms with Gasteiger partial charge in [0.25, 0.3) is 17.7 Å². The lowest BCUT2D eigenvalue weighted by molar-refractivity contribution is 0.0692. The number of amides is 3. The zero-order chi connectivity index (χ0) is 14.9. The second-order valence-electron chi connectivity index (χ2n) is 4.41. The molecule has 6 heteroatoms. The average Bonchev–Trinajstić information content (AvgIpc) is 2.68. The van der Waals surface area contributed by atoms with Crippen molar-refractivity contribution in [2.24, 2.45) is 0 Å². The normalized spacial score (nSPS) is 13.2. The summed E-state index contributed by atoms with van der Waals surface area (Å²) in [5.74, 6) is -1.11. The summed E-state index contributed by atoms with van der Waals surface area (Å²) >= 11 is 0. The molecule has 0 aliphatic carbocycles. The summed E-state index contributed by atoms with van der Waals surface area (Å²) in [4.78, 5) is 38.2. The number of hydrogen-bond acceptors (Lipinski definition) is 4. The molecule has 0 bridgehead atoms. The highest BCUT2D eigenvalue weighted by Gasteiger charge is 2.33. The molecule has 2 rings (SSSR count). The first kappa shape index (κ1) is 13.7. The summed E-state index contributed by atoms with van der Waals surface area (Å²) in [6.45, 7) is 2.15. The number of imide groups is 1. The molecule has 0 radical (unpaired) electrons. The minimum atomic E-state index is -0.414. The molecule has 0 saturated carbocycles. The van der Waals surface area contributed by atoms with Gasteiger partial charge in [-0.15, -0.1) is 0 Å². The van der Waals surface area contributed by atoms with Crippen molar-refractivity contribution in [3.05, 3.63) is 34.9 Å². The van der Waals surface area contributed by atoms with Gasteiger partial charge in [-0.1, -0.05) is 0 Å². The summed E-state index contributed by atoms with van der Waals surface area (Å²) in [5.41, 5.74) is 0.839. The lowest BCUT2D eigenvalue weighted by Crippen LogP contribution is -2.31. The van der Waals surface area contributed by atoms with Crippen LogP contribution in [0, 0.1) is 11.3 Å². The van der Waals surface area contributed by atoms with Crippen LogP contribution in [0.2, 0.25) is 0 Å². The van der Waals surface area contributed by atoms with Crippen LogP contribution in [0.5, 0.6) is 0 Å². The van der Waals surface area contributed by atoms with Crippen LogP contribution in [-0.2, 0) is 0 Å². The molecule has 0 saturated heterocycles. The fourth-order valence-electron chi connectivity index (χ4n) is 2.09. The predicted molar refractivity (Wildman–Crippen MR) is 70.1 cm³/mol. The van der Waals surface area contributed by atoms with Gasteiger partial charge in [0, 0.05) is 19.2 Å². The maximum absolute atomic E-state index is 12.2. The fourth-order valence-corrected chi connectivity index (χ4v) is 2.09. The van der Waals surface area contributed by atoms with E-state index in [9.17, 15) is 14.4 Å². The Morgan fingerprint density at radius 2 is 1.95 bits per heavy atom. The van der Waals surface area contributed by atoms with Gasteiger partial charge in [-0.2, -0.15) is 5.26 Å². The molecule has 3 amide bonds. The van der Waals surface area contributed by atoms with Crippen LogP contribution < -0.4 is 0 Å². The molecule has 0 atom stereocenters.